The van der Waals surface area contributed by atoms with Crippen LogP contribution in [0.5, 0.6) is 0 Å². The second kappa shape index (κ2) is 9.17. The normalized spacial score (nSPS) is 22.7. The van der Waals surface area contributed by atoms with Crippen molar-refractivity contribution >= 4 is 28.6 Å². The molecule has 2 fully saturated rings. The minimum absolute atomic E-state index is 0.122. The van der Waals surface area contributed by atoms with Gasteiger partial charge in [-0.15, -0.1) is 17.1 Å². The van der Waals surface area contributed by atoms with Crippen molar-refractivity contribution in [2.24, 2.45) is 5.92 Å². The highest BCUT2D eigenvalue weighted by atomic mass is 32.1. The third-order valence-electron chi connectivity index (χ3n) is 6.43. The number of nitrogens with zero attached hydrogens (tertiary/aromatic N) is 3. The highest BCUT2D eigenvalue weighted by Gasteiger charge is 2.33. The molecular weight excluding hydrogens is 390 g/mol. The van der Waals surface area contributed by atoms with Crippen LogP contribution in [0.4, 0.5) is 0 Å². The van der Waals surface area contributed by atoms with Gasteiger partial charge in [0.15, 0.2) is 0 Å². The molecule has 0 radical (unpaired) electrons. The molecule has 3 heterocycles. The standard InChI is InChI=1S/C24H35N5S/c1-16(2)12-18-13-19(14-18)23-17(3)30-22(27-23)15-28-10-7-8-20(28)24(26)29-11-6-4-5-9-21(29)25/h16,20,25-26H,4-13,15H2,1-3H3. The van der Waals surface area contributed by atoms with Gasteiger partial charge in [-0.25, -0.2) is 4.98 Å². The quantitative estimate of drug-likeness (QED) is 0.354. The zero-order valence-electron chi connectivity index (χ0n) is 18.7. The number of thiazole rings is 1. The largest absolute Gasteiger partial charge is 0.318 e. The first-order valence-electron chi connectivity index (χ1n) is 11.5. The zero-order valence-corrected chi connectivity index (χ0v) is 19.5. The van der Waals surface area contributed by atoms with E-state index in [1.807, 2.05) is 4.90 Å². The Morgan fingerprint density at radius 1 is 1.23 bits per heavy atom. The summed E-state index contributed by atoms with van der Waals surface area (Å²) in [5, 5.41) is 18.4. The minimum atomic E-state index is 0.122. The van der Waals surface area contributed by atoms with Gasteiger partial charge in [-0.05, 0) is 57.1 Å². The Morgan fingerprint density at radius 3 is 2.80 bits per heavy atom. The second-order valence-corrected chi connectivity index (χ2v) is 10.7. The van der Waals surface area contributed by atoms with E-state index >= 15 is 0 Å². The number of allylic oxidation sites excluding steroid dienone is 1. The van der Waals surface area contributed by atoms with Crippen LogP contribution in [0.3, 0.4) is 0 Å². The molecule has 1 aromatic rings. The lowest BCUT2D eigenvalue weighted by atomic mass is 9.89. The van der Waals surface area contributed by atoms with Crippen molar-refractivity contribution in [3.63, 3.8) is 0 Å². The Labute approximate surface area is 184 Å². The summed E-state index contributed by atoms with van der Waals surface area (Å²) in [7, 11) is 0. The van der Waals surface area contributed by atoms with Crippen molar-refractivity contribution in [1.29, 1.82) is 10.8 Å². The Morgan fingerprint density at radius 2 is 2.03 bits per heavy atom. The second-order valence-electron chi connectivity index (χ2n) is 9.42. The lowest BCUT2D eigenvalue weighted by Gasteiger charge is -2.31. The van der Waals surface area contributed by atoms with Crippen LogP contribution in [0.25, 0.3) is 5.57 Å². The maximum absolute atomic E-state index is 8.85. The molecule has 1 atom stereocenters. The van der Waals surface area contributed by atoms with Gasteiger partial charge in [0.2, 0.25) is 0 Å². The highest BCUT2D eigenvalue weighted by Crippen LogP contribution is 2.36. The molecule has 30 heavy (non-hydrogen) atoms. The van der Waals surface area contributed by atoms with Crippen molar-refractivity contribution in [3.05, 3.63) is 26.9 Å². The van der Waals surface area contributed by atoms with E-state index in [4.69, 9.17) is 15.8 Å². The maximum Gasteiger partial charge on any atom is 0.119 e. The van der Waals surface area contributed by atoms with Gasteiger partial charge in [0.25, 0.3) is 0 Å². The molecular formula is C24H35N5S. The topological polar surface area (TPSA) is 67.1 Å². The van der Waals surface area contributed by atoms with E-state index < -0.39 is 0 Å². The van der Waals surface area contributed by atoms with Crippen LogP contribution in [0, 0.1) is 23.7 Å². The van der Waals surface area contributed by atoms with Gasteiger partial charge in [0.05, 0.1) is 18.3 Å². The lowest BCUT2D eigenvalue weighted by Crippen LogP contribution is -2.47. The zero-order chi connectivity index (χ0) is 21.3. The van der Waals surface area contributed by atoms with Gasteiger partial charge in [-0.1, -0.05) is 20.3 Å². The van der Waals surface area contributed by atoms with Crippen LogP contribution in [-0.4, -0.2) is 45.6 Å². The van der Waals surface area contributed by atoms with E-state index in [0.29, 0.717) is 17.6 Å². The van der Waals surface area contributed by atoms with E-state index in [1.165, 1.54) is 22.4 Å². The molecule has 4 rings (SSSR count). The van der Waals surface area contributed by atoms with Gasteiger partial charge in [-0.3, -0.25) is 15.7 Å². The Bertz CT molecular complexity index is 889. The molecule has 5 nitrogen and oxygen atoms in total. The van der Waals surface area contributed by atoms with Crippen LogP contribution >= 0.6 is 11.3 Å². The van der Waals surface area contributed by atoms with E-state index in [1.54, 1.807) is 11.3 Å². The average molecular weight is 426 g/mol. The minimum Gasteiger partial charge on any atom is -0.318 e. The molecule has 1 aliphatic carbocycles. The summed E-state index contributed by atoms with van der Waals surface area (Å²) in [6, 6.07) is 0.122. The van der Waals surface area contributed by atoms with E-state index in [0.717, 1.165) is 75.3 Å². The third-order valence-corrected chi connectivity index (χ3v) is 7.38. The van der Waals surface area contributed by atoms with Crippen LogP contribution < -0.4 is 0 Å². The monoisotopic (exact) mass is 425 g/mol. The Hall–Kier alpha value is -1.75. The van der Waals surface area contributed by atoms with E-state index in [9.17, 15) is 0 Å². The van der Waals surface area contributed by atoms with Crippen molar-refractivity contribution in [2.75, 3.05) is 13.1 Å². The number of amidine groups is 2. The third kappa shape index (κ3) is 4.61. The van der Waals surface area contributed by atoms with Crippen molar-refractivity contribution in [1.82, 2.24) is 14.8 Å². The van der Waals surface area contributed by atoms with Gasteiger partial charge < -0.3 is 4.90 Å². The first-order valence-corrected chi connectivity index (χ1v) is 12.4. The van der Waals surface area contributed by atoms with Crippen molar-refractivity contribution in [3.8, 4) is 0 Å². The number of nitrogens with one attached hydrogen (secondary N) is 2. The molecule has 2 N–H and O–H groups in total. The number of hydrogen-bond donors (Lipinski definition) is 2. The Kier molecular flexibility index (Phi) is 6.57. The van der Waals surface area contributed by atoms with Crippen LogP contribution in [0.15, 0.2) is 11.3 Å². The van der Waals surface area contributed by atoms with Gasteiger partial charge >= 0.3 is 0 Å². The smallest absolute Gasteiger partial charge is 0.119 e. The molecule has 162 valence electrons. The molecule has 0 spiro atoms. The lowest BCUT2D eigenvalue weighted by molar-refractivity contribution is 0.282. The maximum atomic E-state index is 8.85. The summed E-state index contributed by atoms with van der Waals surface area (Å²) in [5.74, 6) is 1.96. The summed E-state index contributed by atoms with van der Waals surface area (Å²) in [6.45, 7) is 9.36. The molecule has 0 aromatic carbocycles. The summed E-state index contributed by atoms with van der Waals surface area (Å²) in [4.78, 5) is 10.7. The number of rotatable bonds is 6. The number of aryl methyl sites for hydroxylation is 1. The highest BCUT2D eigenvalue weighted by molar-refractivity contribution is 7.11. The van der Waals surface area contributed by atoms with Crippen LogP contribution in [-0.2, 0) is 6.54 Å². The molecule has 0 bridgehead atoms. The fraction of sp³-hybridized carbons (Fsp3) is 0.667. The first-order chi connectivity index (χ1) is 14.4. The fourth-order valence-electron chi connectivity index (χ4n) is 4.92. The van der Waals surface area contributed by atoms with E-state index in [2.05, 4.69) is 31.4 Å². The molecule has 6 heteroatoms. The van der Waals surface area contributed by atoms with Gasteiger partial charge in [-0.2, -0.15) is 0 Å². The molecule has 3 aliphatic rings. The predicted octanol–water partition coefficient (Wildman–Crippen LogP) is 5.60. The molecule has 2 saturated heterocycles. The SMILES string of the molecule is Cc1sc(CN2CCCC2C(=N)N2CCCCCC2=N)nc1C1=C=C(CC(C)C)C1. The summed E-state index contributed by atoms with van der Waals surface area (Å²) in [5.41, 5.74) is 7.40. The van der Waals surface area contributed by atoms with Crippen molar-refractivity contribution < 1.29 is 0 Å². The first kappa shape index (κ1) is 21.5. The number of hydrogen-bond acceptors (Lipinski definition) is 5. The average Bonchev–Trinajstić information content (AvgIpc) is 3.19. The molecule has 1 aromatic heterocycles. The molecule has 0 saturated carbocycles. The summed E-state index contributed by atoms with van der Waals surface area (Å²) in [6.07, 6.45) is 8.48. The van der Waals surface area contributed by atoms with E-state index in [-0.39, 0.29) is 6.04 Å². The molecule has 1 unspecified atom stereocenters. The van der Waals surface area contributed by atoms with Crippen molar-refractivity contribution in [2.45, 2.75) is 84.7 Å². The molecule has 0 amide bonds. The fourth-order valence-corrected chi connectivity index (χ4v) is 5.91. The van der Waals surface area contributed by atoms with Gasteiger partial charge in [0, 0.05) is 29.8 Å². The number of likely N-dealkylation sites (tertiary alicyclic amines) is 2. The Balaban J connectivity index is 1.45. The predicted molar refractivity (Wildman–Crippen MR) is 125 cm³/mol. The van der Waals surface area contributed by atoms with Gasteiger partial charge in [0.1, 0.15) is 16.7 Å². The summed E-state index contributed by atoms with van der Waals surface area (Å²) < 4.78 is 0. The van der Waals surface area contributed by atoms with Crippen LogP contribution in [0.1, 0.15) is 80.8 Å². The van der Waals surface area contributed by atoms with Crippen LogP contribution in [0.2, 0.25) is 0 Å². The molecule has 2 aliphatic heterocycles. The summed E-state index contributed by atoms with van der Waals surface area (Å²) >= 11 is 1.80. The number of aromatic nitrogens is 1.